The van der Waals surface area contributed by atoms with Gasteiger partial charge in [-0.1, -0.05) is 23.4 Å². The maximum Gasteiger partial charge on any atom is 0.333 e. The first-order valence-corrected chi connectivity index (χ1v) is 10.6. The van der Waals surface area contributed by atoms with Crippen molar-refractivity contribution in [1.29, 1.82) is 0 Å². The molecule has 0 radical (unpaired) electrons. The Bertz CT molecular complexity index is 1010. The van der Waals surface area contributed by atoms with Gasteiger partial charge < -0.3 is 23.8 Å². The molecule has 0 aliphatic rings. The van der Waals surface area contributed by atoms with Gasteiger partial charge in [0.1, 0.15) is 36.6 Å². The van der Waals surface area contributed by atoms with Crippen LogP contribution in [0.2, 0.25) is 0 Å². The number of thiophene rings is 1. The minimum Gasteiger partial charge on any atom is -0.487 e. The number of oxazole rings is 1. The number of rotatable bonds is 11. The highest BCUT2D eigenvalue weighted by Crippen LogP contribution is 2.26. The lowest BCUT2D eigenvalue weighted by Gasteiger charge is -2.13. The first kappa shape index (κ1) is 22.5. The summed E-state index contributed by atoms with van der Waals surface area (Å²) in [5.74, 6) is 0.773. The van der Waals surface area contributed by atoms with E-state index in [0.717, 1.165) is 10.4 Å². The minimum atomic E-state index is -0.979. The zero-order chi connectivity index (χ0) is 22.2. The molecule has 0 aliphatic carbocycles. The fraction of sp³-hybridized carbons (Fsp3) is 0.318. The van der Waals surface area contributed by atoms with Gasteiger partial charge in [0, 0.05) is 13.0 Å². The summed E-state index contributed by atoms with van der Waals surface area (Å²) in [5, 5.41) is 15.2. The van der Waals surface area contributed by atoms with Gasteiger partial charge in [-0.15, -0.1) is 11.3 Å². The van der Waals surface area contributed by atoms with Crippen molar-refractivity contribution in [2.45, 2.75) is 26.4 Å². The number of hydrogen-bond donors (Lipinski definition) is 1. The van der Waals surface area contributed by atoms with Crippen molar-refractivity contribution >= 4 is 23.0 Å². The molecule has 0 spiro atoms. The monoisotopic (exact) mass is 444 g/mol. The second-order valence-corrected chi connectivity index (χ2v) is 7.49. The Balaban J connectivity index is 1.67. The maximum absolute atomic E-state index is 11.3. The van der Waals surface area contributed by atoms with Gasteiger partial charge in [0.2, 0.25) is 5.89 Å². The van der Waals surface area contributed by atoms with Gasteiger partial charge >= 0.3 is 5.97 Å². The van der Waals surface area contributed by atoms with Crippen molar-refractivity contribution in [3.05, 3.63) is 58.8 Å². The molecule has 0 saturated heterocycles. The molecule has 0 saturated carbocycles. The Hall–Kier alpha value is -3.17. The van der Waals surface area contributed by atoms with Crippen LogP contribution in [-0.4, -0.2) is 48.2 Å². The Kier molecular flexibility index (Phi) is 7.80. The number of aryl methyl sites for hydroxylation is 1. The molecule has 1 unspecified atom stereocenters. The van der Waals surface area contributed by atoms with Crippen LogP contribution in [0.3, 0.4) is 0 Å². The topological polar surface area (TPSA) is 103 Å². The Labute approximate surface area is 184 Å². The van der Waals surface area contributed by atoms with Gasteiger partial charge in [0.05, 0.1) is 4.88 Å². The summed E-state index contributed by atoms with van der Waals surface area (Å²) in [6, 6.07) is 11.0. The van der Waals surface area contributed by atoms with Crippen molar-refractivity contribution in [2.24, 2.45) is 5.16 Å². The number of aliphatic carboxylic acids is 1. The minimum absolute atomic E-state index is 0.126. The fourth-order valence-electron chi connectivity index (χ4n) is 2.92. The average molecular weight is 445 g/mol. The van der Waals surface area contributed by atoms with Gasteiger partial charge in [0.15, 0.2) is 6.10 Å². The van der Waals surface area contributed by atoms with E-state index < -0.39 is 12.1 Å². The summed E-state index contributed by atoms with van der Waals surface area (Å²) >= 11 is 1.54. The largest absolute Gasteiger partial charge is 0.487 e. The molecule has 0 fully saturated rings. The molecule has 8 nitrogen and oxygen atoms in total. The number of ether oxygens (including phenoxy) is 2. The van der Waals surface area contributed by atoms with Crippen LogP contribution >= 0.6 is 11.3 Å². The van der Waals surface area contributed by atoms with E-state index in [1.165, 1.54) is 18.4 Å². The highest BCUT2D eigenvalue weighted by molar-refractivity contribution is 7.13. The molecule has 31 heavy (non-hydrogen) atoms. The molecule has 3 aromatic rings. The van der Waals surface area contributed by atoms with Crippen LogP contribution in [0.15, 0.2) is 51.4 Å². The first-order valence-electron chi connectivity index (χ1n) is 9.69. The van der Waals surface area contributed by atoms with Gasteiger partial charge in [0.25, 0.3) is 0 Å². The molecular formula is C22H24N2O6S. The molecule has 2 heterocycles. The molecule has 9 heteroatoms. The number of hydrogen-bond acceptors (Lipinski definition) is 8. The molecule has 2 aromatic heterocycles. The molecule has 1 N–H and O–H groups in total. The van der Waals surface area contributed by atoms with Crippen molar-refractivity contribution in [3.63, 3.8) is 0 Å². The van der Waals surface area contributed by atoms with Crippen LogP contribution in [0.5, 0.6) is 5.75 Å². The van der Waals surface area contributed by atoms with E-state index in [9.17, 15) is 9.90 Å². The number of nitrogens with zero attached hydrogens (tertiary/aromatic N) is 2. The van der Waals surface area contributed by atoms with E-state index in [4.69, 9.17) is 18.7 Å². The highest BCUT2D eigenvalue weighted by Gasteiger charge is 2.19. The van der Waals surface area contributed by atoms with Crippen LogP contribution in [0.1, 0.15) is 23.9 Å². The highest BCUT2D eigenvalue weighted by atomic mass is 32.1. The van der Waals surface area contributed by atoms with E-state index in [1.54, 1.807) is 19.1 Å². The quantitative estimate of drug-likeness (QED) is 0.350. The van der Waals surface area contributed by atoms with E-state index >= 15 is 0 Å². The molecule has 3 rings (SSSR count). The Morgan fingerprint density at radius 1 is 1.29 bits per heavy atom. The van der Waals surface area contributed by atoms with E-state index in [2.05, 4.69) is 10.1 Å². The summed E-state index contributed by atoms with van der Waals surface area (Å²) in [4.78, 5) is 21.7. The summed E-state index contributed by atoms with van der Waals surface area (Å²) in [6.45, 7) is 4.05. The normalized spacial score (nSPS) is 12.5. The third kappa shape index (κ3) is 5.93. The zero-order valence-electron chi connectivity index (χ0n) is 17.5. The number of benzene rings is 1. The van der Waals surface area contributed by atoms with E-state index in [-0.39, 0.29) is 13.0 Å². The van der Waals surface area contributed by atoms with Crippen LogP contribution in [0, 0.1) is 6.92 Å². The lowest BCUT2D eigenvalue weighted by molar-refractivity contribution is -0.149. The zero-order valence-corrected chi connectivity index (χ0v) is 18.3. The van der Waals surface area contributed by atoms with Gasteiger partial charge in [-0.2, -0.15) is 0 Å². The Morgan fingerprint density at radius 3 is 2.68 bits per heavy atom. The molecule has 1 aromatic carbocycles. The third-order valence-corrected chi connectivity index (χ3v) is 5.22. The lowest BCUT2D eigenvalue weighted by atomic mass is 10.1. The summed E-state index contributed by atoms with van der Waals surface area (Å²) in [7, 11) is 1.46. The lowest BCUT2D eigenvalue weighted by Crippen LogP contribution is -2.26. The molecule has 0 bridgehead atoms. The third-order valence-electron chi connectivity index (χ3n) is 4.37. The SMILES string of the molecule is CCOC(Cc1ccc(OCC(=NOC)c2nc(-c3cccs3)oc2C)cc1)C(=O)O. The summed E-state index contributed by atoms with van der Waals surface area (Å²) in [6.07, 6.45) is -0.589. The number of aromatic nitrogens is 1. The fourth-order valence-corrected chi connectivity index (χ4v) is 3.57. The smallest absolute Gasteiger partial charge is 0.333 e. The number of carboxylic acids is 1. The van der Waals surface area contributed by atoms with Crippen LogP contribution < -0.4 is 4.74 Å². The first-order chi connectivity index (χ1) is 15.0. The summed E-state index contributed by atoms with van der Waals surface area (Å²) < 4.78 is 16.9. The van der Waals surface area contributed by atoms with Crippen LogP contribution in [0.4, 0.5) is 0 Å². The molecule has 0 amide bonds. The second-order valence-electron chi connectivity index (χ2n) is 6.54. The maximum atomic E-state index is 11.3. The van der Waals surface area contributed by atoms with Gasteiger partial charge in [-0.3, -0.25) is 0 Å². The van der Waals surface area contributed by atoms with Gasteiger partial charge in [-0.25, -0.2) is 9.78 Å². The van der Waals surface area contributed by atoms with Crippen molar-refractivity contribution in [2.75, 3.05) is 20.3 Å². The predicted octanol–water partition coefficient (Wildman–Crippen LogP) is 4.17. The molecule has 0 aliphatic heterocycles. The van der Waals surface area contributed by atoms with Crippen molar-refractivity contribution < 1.29 is 28.6 Å². The van der Waals surface area contributed by atoms with Crippen molar-refractivity contribution in [1.82, 2.24) is 4.98 Å². The molecular weight excluding hydrogens is 420 g/mol. The average Bonchev–Trinajstić information content (AvgIpc) is 3.41. The Morgan fingerprint density at radius 2 is 2.06 bits per heavy atom. The second kappa shape index (κ2) is 10.7. The molecule has 1 atom stereocenters. The van der Waals surface area contributed by atoms with Crippen molar-refractivity contribution in [3.8, 4) is 16.5 Å². The number of carbonyl (C=O) groups is 1. The molecule has 164 valence electrons. The number of carboxylic acid groups (broad SMARTS) is 1. The van der Waals surface area contributed by atoms with E-state index in [1.807, 2.05) is 36.6 Å². The van der Waals surface area contributed by atoms with Crippen LogP contribution in [-0.2, 0) is 20.8 Å². The van der Waals surface area contributed by atoms with Gasteiger partial charge in [-0.05, 0) is 43.0 Å². The van der Waals surface area contributed by atoms with Crippen LogP contribution in [0.25, 0.3) is 10.8 Å². The predicted molar refractivity (Wildman–Crippen MR) is 117 cm³/mol. The standard InChI is InChI=1S/C22H24N2O6S/c1-4-28-18(22(25)26)12-15-7-9-16(10-8-15)29-13-17(24-27-3)20-14(2)30-21(23-20)19-6-5-11-31-19/h5-11,18H,4,12-13H2,1-3H3,(H,25,26). The van der Waals surface area contributed by atoms with E-state index in [0.29, 0.717) is 35.4 Å². The number of oxime groups is 1. The summed E-state index contributed by atoms with van der Waals surface area (Å²) in [5.41, 5.74) is 1.91.